The minimum Gasteiger partial charge on any atom is -0.454 e. The van der Waals surface area contributed by atoms with Crippen molar-refractivity contribution in [2.75, 3.05) is 0 Å². The molecule has 190 valence electrons. The van der Waals surface area contributed by atoms with Crippen LogP contribution >= 0.6 is 0 Å². The fourth-order valence-corrected chi connectivity index (χ4v) is 6.42. The van der Waals surface area contributed by atoms with Crippen LogP contribution in [-0.4, -0.2) is 24.1 Å². The third-order valence-corrected chi connectivity index (χ3v) is 7.71. The Hall–Kier alpha value is -4.18. The molecule has 0 amide bonds. The number of esters is 2. The lowest BCUT2D eigenvalue weighted by atomic mass is 9.61. The maximum absolute atomic E-state index is 13.5. The second-order valence-electron chi connectivity index (χ2n) is 10.7. The van der Waals surface area contributed by atoms with Gasteiger partial charge in [0.05, 0.1) is 23.0 Å². The number of hydrogen-bond acceptors (Lipinski definition) is 4. The highest BCUT2D eigenvalue weighted by atomic mass is 16.6. The molecule has 3 aliphatic carbocycles. The molecule has 0 N–H and O–H groups in total. The van der Waals surface area contributed by atoms with Crippen LogP contribution in [0.15, 0.2) is 84.9 Å². The number of ether oxygens (including phenoxy) is 2. The summed E-state index contributed by atoms with van der Waals surface area (Å²) in [5.41, 5.74) is 9.47. The number of hydrogen-bond donors (Lipinski definition) is 0. The molecular formula is C34H30O4. The highest BCUT2D eigenvalue weighted by Gasteiger charge is 2.53. The first-order chi connectivity index (χ1) is 18.3. The van der Waals surface area contributed by atoms with Gasteiger partial charge in [0.15, 0.2) is 12.2 Å². The maximum Gasteiger partial charge on any atom is 0.338 e. The smallest absolute Gasteiger partial charge is 0.338 e. The molecule has 2 atom stereocenters. The first kappa shape index (κ1) is 24.2. The predicted octanol–water partition coefficient (Wildman–Crippen LogP) is 6.96. The number of carbonyl (C=O) groups excluding carboxylic acids is 2. The van der Waals surface area contributed by atoms with Crippen LogP contribution < -0.4 is 0 Å². The second kappa shape index (κ2) is 9.29. The molecule has 0 radical (unpaired) electrons. The van der Waals surface area contributed by atoms with Gasteiger partial charge in [-0.3, -0.25) is 0 Å². The van der Waals surface area contributed by atoms with Gasteiger partial charge in [-0.15, -0.1) is 0 Å². The van der Waals surface area contributed by atoms with Gasteiger partial charge in [0, 0.05) is 0 Å². The van der Waals surface area contributed by atoms with E-state index < -0.39 is 24.1 Å². The van der Waals surface area contributed by atoms with Crippen molar-refractivity contribution >= 4 is 11.9 Å². The van der Waals surface area contributed by atoms with Gasteiger partial charge in [0.25, 0.3) is 0 Å². The summed E-state index contributed by atoms with van der Waals surface area (Å²) in [5, 5.41) is 0. The number of rotatable bonds is 4. The van der Waals surface area contributed by atoms with Gasteiger partial charge in [-0.1, -0.05) is 82.9 Å². The summed E-state index contributed by atoms with van der Waals surface area (Å²) in [5.74, 6) is -1.29. The van der Waals surface area contributed by atoms with E-state index in [0.29, 0.717) is 11.1 Å². The van der Waals surface area contributed by atoms with Crippen molar-refractivity contribution in [3.63, 3.8) is 0 Å². The highest BCUT2D eigenvalue weighted by Crippen LogP contribution is 2.54. The van der Waals surface area contributed by atoms with Gasteiger partial charge in [0.2, 0.25) is 0 Å². The van der Waals surface area contributed by atoms with Crippen LogP contribution in [0.1, 0.15) is 77.1 Å². The lowest BCUT2D eigenvalue weighted by Gasteiger charge is -2.49. The first-order valence-corrected chi connectivity index (χ1v) is 13.1. The Kier molecular flexibility index (Phi) is 5.91. The summed E-state index contributed by atoms with van der Waals surface area (Å²) < 4.78 is 12.6. The Morgan fingerprint density at radius 3 is 1.08 bits per heavy atom. The molecule has 4 heteroatoms. The lowest BCUT2D eigenvalue weighted by molar-refractivity contribution is -0.0557. The summed E-state index contributed by atoms with van der Waals surface area (Å²) in [4.78, 5) is 27.1. The normalized spacial score (nSPS) is 20.8. The summed E-state index contributed by atoms with van der Waals surface area (Å²) in [6, 6.07) is 27.9. The van der Waals surface area contributed by atoms with Gasteiger partial charge in [0.1, 0.15) is 0 Å². The Morgan fingerprint density at radius 1 is 0.500 bits per heavy atom. The molecule has 4 nitrogen and oxygen atoms in total. The molecule has 3 aliphatic rings. The standard InChI is InChI=1S/C34H30O4/c1-19-13-20(2)16-23(15-19)33(35)37-31-29-25-9-5-7-11-27(25)30(28-12-8-6-10-26(28)29)32(31)38-34(36)24-17-21(3)14-22(4)18-24/h5-18,29-32H,1-4H3. The molecule has 0 aromatic heterocycles. The minimum absolute atomic E-state index is 0.237. The SMILES string of the molecule is Cc1cc(C)cc(C(=O)OC2C3c4ccccc4C(c4ccccc43)C2OC(=O)c2cc(C)cc(C)c2)c1. The van der Waals surface area contributed by atoms with Crippen molar-refractivity contribution in [2.45, 2.75) is 51.7 Å². The minimum atomic E-state index is -0.659. The Labute approximate surface area is 223 Å². The largest absolute Gasteiger partial charge is 0.454 e. The molecule has 7 rings (SSSR count). The van der Waals surface area contributed by atoms with Crippen molar-refractivity contribution in [3.05, 3.63) is 141 Å². The summed E-state index contributed by atoms with van der Waals surface area (Å²) >= 11 is 0. The molecule has 38 heavy (non-hydrogen) atoms. The van der Waals surface area contributed by atoms with Crippen molar-refractivity contribution in [2.24, 2.45) is 0 Å². The van der Waals surface area contributed by atoms with E-state index in [4.69, 9.17) is 9.47 Å². The molecule has 0 saturated carbocycles. The van der Waals surface area contributed by atoms with Crippen LogP contribution in [0, 0.1) is 27.7 Å². The average molecular weight is 503 g/mol. The van der Waals surface area contributed by atoms with Gasteiger partial charge >= 0.3 is 11.9 Å². The predicted molar refractivity (Wildman–Crippen MR) is 147 cm³/mol. The Bertz CT molecular complexity index is 1380. The maximum atomic E-state index is 13.5. The van der Waals surface area contributed by atoms with Gasteiger partial charge < -0.3 is 9.47 Å². The number of carbonyl (C=O) groups is 2. The number of fused-ring (bicyclic) bond motifs is 1. The molecule has 2 bridgehead atoms. The summed E-state index contributed by atoms with van der Waals surface area (Å²) in [6.07, 6.45) is -1.32. The highest BCUT2D eigenvalue weighted by molar-refractivity contribution is 5.91. The zero-order valence-corrected chi connectivity index (χ0v) is 22.0. The van der Waals surface area contributed by atoms with Crippen LogP contribution in [0.3, 0.4) is 0 Å². The first-order valence-electron chi connectivity index (χ1n) is 13.1. The van der Waals surface area contributed by atoms with Crippen molar-refractivity contribution < 1.29 is 19.1 Å². The zero-order valence-electron chi connectivity index (χ0n) is 22.0. The second-order valence-corrected chi connectivity index (χ2v) is 10.7. The average Bonchev–Trinajstić information content (AvgIpc) is 2.88. The summed E-state index contributed by atoms with van der Waals surface area (Å²) in [6.45, 7) is 7.86. The van der Waals surface area contributed by atoms with Crippen LogP contribution in [-0.2, 0) is 9.47 Å². The molecule has 4 aromatic rings. The molecule has 0 aliphatic heterocycles. The number of benzene rings is 4. The van der Waals surface area contributed by atoms with Crippen molar-refractivity contribution in [1.29, 1.82) is 0 Å². The quantitative estimate of drug-likeness (QED) is 0.283. The van der Waals surface area contributed by atoms with E-state index in [1.54, 1.807) is 0 Å². The summed E-state index contributed by atoms with van der Waals surface area (Å²) in [7, 11) is 0. The molecule has 0 fully saturated rings. The number of aryl methyl sites for hydroxylation is 4. The molecule has 0 saturated heterocycles. The van der Waals surface area contributed by atoms with E-state index in [0.717, 1.165) is 44.5 Å². The van der Waals surface area contributed by atoms with Crippen LogP contribution in [0.2, 0.25) is 0 Å². The van der Waals surface area contributed by atoms with E-state index in [1.807, 2.05) is 88.4 Å². The molecule has 4 aromatic carbocycles. The fraction of sp³-hybridized carbons (Fsp3) is 0.235. The van der Waals surface area contributed by atoms with Gasteiger partial charge in [-0.05, 0) is 74.2 Å². The molecule has 2 unspecified atom stereocenters. The fourth-order valence-electron chi connectivity index (χ4n) is 6.42. The molecular weight excluding hydrogens is 472 g/mol. The molecule has 0 spiro atoms. The zero-order chi connectivity index (χ0) is 26.6. The van der Waals surface area contributed by atoms with Crippen molar-refractivity contribution in [3.8, 4) is 0 Å². The van der Waals surface area contributed by atoms with E-state index in [-0.39, 0.29) is 11.8 Å². The Morgan fingerprint density at radius 2 is 0.789 bits per heavy atom. The van der Waals surface area contributed by atoms with E-state index in [9.17, 15) is 9.59 Å². The third kappa shape index (κ3) is 4.10. The van der Waals surface area contributed by atoms with Crippen LogP contribution in [0.25, 0.3) is 0 Å². The monoisotopic (exact) mass is 502 g/mol. The topological polar surface area (TPSA) is 52.6 Å². The third-order valence-electron chi connectivity index (χ3n) is 7.71. The van der Waals surface area contributed by atoms with Crippen LogP contribution in [0.5, 0.6) is 0 Å². The van der Waals surface area contributed by atoms with Gasteiger partial charge in [-0.2, -0.15) is 0 Å². The lowest BCUT2D eigenvalue weighted by Crippen LogP contribution is -2.51. The molecule has 0 heterocycles. The van der Waals surface area contributed by atoms with Crippen molar-refractivity contribution in [1.82, 2.24) is 0 Å². The van der Waals surface area contributed by atoms with Crippen LogP contribution in [0.4, 0.5) is 0 Å². The van der Waals surface area contributed by atoms with E-state index >= 15 is 0 Å². The van der Waals surface area contributed by atoms with Gasteiger partial charge in [-0.25, -0.2) is 9.59 Å². The van der Waals surface area contributed by atoms with E-state index in [2.05, 4.69) is 24.3 Å². The van der Waals surface area contributed by atoms with E-state index in [1.165, 1.54) is 0 Å². The Balaban J connectivity index is 1.45.